The van der Waals surface area contributed by atoms with Gasteiger partial charge in [-0.05, 0) is 49.1 Å². The average Bonchev–Trinajstić information content (AvgIpc) is 3.54. The summed E-state index contributed by atoms with van der Waals surface area (Å²) in [4.78, 5) is 13.9. The second kappa shape index (κ2) is 12.3. The molecule has 0 atom stereocenters. The lowest BCUT2D eigenvalue weighted by Crippen LogP contribution is -2.39. The average molecular weight is 613 g/mol. The monoisotopic (exact) mass is 612 g/mol. The summed E-state index contributed by atoms with van der Waals surface area (Å²) < 4.78 is 46.5. The number of nitriles is 1. The number of aromatic nitrogens is 3. The van der Waals surface area contributed by atoms with E-state index in [0.29, 0.717) is 21.7 Å². The highest BCUT2D eigenvalue weighted by Gasteiger charge is 2.29. The lowest BCUT2D eigenvalue weighted by atomic mass is 10.0. The van der Waals surface area contributed by atoms with Crippen molar-refractivity contribution in [1.82, 2.24) is 24.3 Å². The molecule has 5 heterocycles. The third-order valence-electron chi connectivity index (χ3n) is 8.48. The Hall–Kier alpha value is -3.44. The van der Waals surface area contributed by atoms with Crippen LogP contribution in [0.5, 0.6) is 0 Å². The molecule has 228 valence electrons. The number of anilines is 2. The van der Waals surface area contributed by atoms with Gasteiger partial charge in [0.25, 0.3) is 0 Å². The fraction of sp³-hybridized carbons (Fsp3) is 0.500. The lowest BCUT2D eigenvalue weighted by Gasteiger charge is -2.33. The minimum absolute atomic E-state index is 0.0493. The molecule has 0 saturated carbocycles. The Morgan fingerprint density at radius 1 is 1.07 bits per heavy atom. The first kappa shape index (κ1) is 29.6. The molecule has 6 rings (SSSR count). The fourth-order valence-corrected chi connectivity index (χ4v) is 7.21. The van der Waals surface area contributed by atoms with E-state index < -0.39 is 12.6 Å². The van der Waals surface area contributed by atoms with Gasteiger partial charge in [0.1, 0.15) is 22.4 Å². The topological polar surface area (TPSA) is 108 Å². The molecule has 0 spiro atoms. The molecule has 4 aromatic rings. The Kier molecular flexibility index (Phi) is 8.46. The largest absolute Gasteiger partial charge is 0.393 e. The number of nitrogens with one attached hydrogen (secondary N) is 1. The van der Waals surface area contributed by atoms with Gasteiger partial charge >= 0.3 is 6.18 Å². The van der Waals surface area contributed by atoms with Crippen LogP contribution in [0.1, 0.15) is 34.5 Å². The molecular weight excluding hydrogens is 577 g/mol. The van der Waals surface area contributed by atoms with Gasteiger partial charge in [-0.25, -0.2) is 4.98 Å². The number of nitrogens with two attached hydrogens (primary N) is 1. The van der Waals surface area contributed by atoms with E-state index in [-0.39, 0.29) is 16.9 Å². The second-order valence-electron chi connectivity index (χ2n) is 11.4. The van der Waals surface area contributed by atoms with E-state index in [4.69, 9.17) is 10.5 Å². The third-order valence-corrected chi connectivity index (χ3v) is 9.51. The summed E-state index contributed by atoms with van der Waals surface area (Å²) in [5, 5.41) is 15.0. The maximum absolute atomic E-state index is 13.0. The minimum Gasteiger partial charge on any atom is -0.379 e. The molecule has 1 aromatic carbocycles. The maximum Gasteiger partial charge on any atom is 0.393 e. The van der Waals surface area contributed by atoms with Crippen LogP contribution in [0.25, 0.3) is 21.1 Å². The maximum atomic E-state index is 13.0. The summed E-state index contributed by atoms with van der Waals surface area (Å²) in [5.74, 6) is 0.548. The van der Waals surface area contributed by atoms with E-state index in [9.17, 15) is 18.4 Å². The van der Waals surface area contributed by atoms with Crippen molar-refractivity contribution in [3.8, 4) is 6.07 Å². The van der Waals surface area contributed by atoms with Gasteiger partial charge in [0.2, 0.25) is 5.95 Å². The number of likely N-dealkylation sites (tertiary alicyclic amines) is 1. The number of hydrogen-bond donors (Lipinski definition) is 2. The Bertz CT molecular complexity index is 1650. The molecular formula is C30H35F3N8OS. The predicted molar refractivity (Wildman–Crippen MR) is 162 cm³/mol. The van der Waals surface area contributed by atoms with E-state index in [2.05, 4.69) is 54.8 Å². The van der Waals surface area contributed by atoms with Crippen molar-refractivity contribution in [2.75, 3.05) is 57.0 Å². The highest BCUT2D eigenvalue weighted by molar-refractivity contribution is 7.18. The number of thiophene rings is 1. The van der Waals surface area contributed by atoms with Crippen LogP contribution in [0.15, 0.2) is 24.3 Å². The van der Waals surface area contributed by atoms with E-state index in [1.54, 1.807) is 0 Å². The molecule has 13 heteroatoms. The van der Waals surface area contributed by atoms with Crippen LogP contribution in [-0.4, -0.2) is 82.5 Å². The highest BCUT2D eigenvalue weighted by Crippen LogP contribution is 2.34. The first-order chi connectivity index (χ1) is 20.7. The number of hydrogen-bond acceptors (Lipinski definition) is 9. The molecule has 2 aliphatic rings. The standard InChI is InChI=1S/C30H35F3N8OS/c1-19-20(2-3-26-24(19)14-22(17-34)41(26)9-8-39-10-12-42-13-11-39)18-40-6-4-21(5-7-40)36-27-25-15-23(16-30(31,32)33)43-28(25)38-29(35)37-27/h2-3,14-15,21H,4-13,16,18H2,1H3,(H3,35,36,37,38). The van der Waals surface area contributed by atoms with Crippen molar-refractivity contribution >= 4 is 44.2 Å². The van der Waals surface area contributed by atoms with Gasteiger partial charge in [-0.15, -0.1) is 11.3 Å². The number of fused-ring (bicyclic) bond motifs is 2. The third kappa shape index (κ3) is 6.72. The van der Waals surface area contributed by atoms with E-state index in [0.717, 1.165) is 94.1 Å². The van der Waals surface area contributed by atoms with Gasteiger partial charge in [-0.2, -0.15) is 23.4 Å². The summed E-state index contributed by atoms with van der Waals surface area (Å²) in [6.07, 6.45) is -3.55. The lowest BCUT2D eigenvalue weighted by molar-refractivity contribution is -0.126. The molecule has 9 nitrogen and oxygen atoms in total. The Balaban J connectivity index is 1.10. The first-order valence-corrected chi connectivity index (χ1v) is 15.4. The van der Waals surface area contributed by atoms with E-state index in [1.165, 1.54) is 17.2 Å². The van der Waals surface area contributed by atoms with Gasteiger partial charge in [0, 0.05) is 67.6 Å². The van der Waals surface area contributed by atoms with Crippen molar-refractivity contribution < 1.29 is 17.9 Å². The quantitative estimate of drug-likeness (QED) is 0.289. The van der Waals surface area contributed by atoms with Crippen LogP contribution >= 0.6 is 11.3 Å². The number of nitrogen functional groups attached to an aromatic ring is 1. The summed E-state index contributed by atoms with van der Waals surface area (Å²) in [7, 11) is 0. The van der Waals surface area contributed by atoms with Crippen LogP contribution in [0, 0.1) is 18.3 Å². The van der Waals surface area contributed by atoms with Gasteiger partial charge in [-0.1, -0.05) is 6.07 Å². The van der Waals surface area contributed by atoms with Crippen LogP contribution in [0.4, 0.5) is 24.9 Å². The van der Waals surface area contributed by atoms with E-state index >= 15 is 0 Å². The molecule has 2 saturated heterocycles. The highest BCUT2D eigenvalue weighted by atomic mass is 32.1. The molecule has 2 fully saturated rings. The Morgan fingerprint density at radius 2 is 1.84 bits per heavy atom. The molecule has 0 amide bonds. The molecule has 3 N–H and O–H groups in total. The number of halogens is 3. The van der Waals surface area contributed by atoms with Crippen molar-refractivity contribution in [2.45, 2.75) is 51.5 Å². The zero-order valence-electron chi connectivity index (χ0n) is 24.1. The summed E-state index contributed by atoms with van der Waals surface area (Å²) >= 11 is 1.01. The van der Waals surface area contributed by atoms with Gasteiger partial charge in [-0.3, -0.25) is 9.80 Å². The zero-order valence-corrected chi connectivity index (χ0v) is 24.9. The Morgan fingerprint density at radius 3 is 2.56 bits per heavy atom. The van der Waals surface area contributed by atoms with Crippen LogP contribution in [-0.2, 0) is 24.2 Å². The molecule has 43 heavy (non-hydrogen) atoms. The summed E-state index contributed by atoms with van der Waals surface area (Å²) in [5.41, 5.74) is 10.1. The van der Waals surface area contributed by atoms with Gasteiger partial charge < -0.3 is 20.4 Å². The molecule has 0 aliphatic carbocycles. The first-order valence-electron chi connectivity index (χ1n) is 14.6. The molecule has 2 aliphatic heterocycles. The second-order valence-corrected chi connectivity index (χ2v) is 12.5. The number of morpholine rings is 1. The number of piperidine rings is 1. The number of nitrogens with zero attached hydrogens (tertiary/aromatic N) is 6. The van der Waals surface area contributed by atoms with Crippen molar-refractivity contribution in [3.63, 3.8) is 0 Å². The zero-order chi connectivity index (χ0) is 30.1. The summed E-state index contributed by atoms with van der Waals surface area (Å²) in [6.45, 7) is 9.70. The van der Waals surface area contributed by atoms with Gasteiger partial charge in [0.15, 0.2) is 0 Å². The number of rotatable bonds is 8. The minimum atomic E-state index is -4.28. The SMILES string of the molecule is Cc1c(CN2CCC(Nc3nc(N)nc4sc(CC(F)(F)F)cc34)CC2)ccc2c1cc(C#N)n2CCN1CCOCC1. The molecule has 3 aromatic heterocycles. The molecule has 0 unspecified atom stereocenters. The van der Waals surface area contributed by atoms with Crippen LogP contribution < -0.4 is 11.1 Å². The summed E-state index contributed by atoms with van der Waals surface area (Å²) in [6, 6.07) is 10.4. The molecule has 0 radical (unpaired) electrons. The van der Waals surface area contributed by atoms with Crippen molar-refractivity contribution in [2.24, 2.45) is 0 Å². The fourth-order valence-electron chi connectivity index (χ4n) is 6.14. The predicted octanol–water partition coefficient (Wildman–Crippen LogP) is 4.92. The van der Waals surface area contributed by atoms with Crippen molar-refractivity contribution in [1.29, 1.82) is 5.26 Å². The van der Waals surface area contributed by atoms with Gasteiger partial charge in [0.05, 0.1) is 25.0 Å². The van der Waals surface area contributed by atoms with Crippen LogP contribution in [0.3, 0.4) is 0 Å². The van der Waals surface area contributed by atoms with E-state index in [1.807, 2.05) is 6.07 Å². The number of benzene rings is 1. The number of ether oxygens (including phenoxy) is 1. The Labute approximate surface area is 252 Å². The number of alkyl halides is 3. The molecule has 0 bridgehead atoms. The van der Waals surface area contributed by atoms with Crippen molar-refractivity contribution in [3.05, 3.63) is 46.0 Å². The smallest absolute Gasteiger partial charge is 0.379 e. The van der Waals surface area contributed by atoms with Crippen LogP contribution in [0.2, 0.25) is 0 Å². The normalized spacial score (nSPS) is 17.6. The number of aryl methyl sites for hydroxylation is 1.